The standard InChI is InChI=1S/C16H26O3/c1-3-5-7-12-18-14-10-9-11-15(16(14)17)19-13-8-6-4-2/h9-11,17H,3-8,12-13H2,1-2H3. The number of hydrogen-bond acceptors (Lipinski definition) is 3. The minimum atomic E-state index is 0.121. The summed E-state index contributed by atoms with van der Waals surface area (Å²) in [4.78, 5) is 0. The lowest BCUT2D eigenvalue weighted by atomic mass is 10.2. The number of ether oxygens (including phenoxy) is 2. The van der Waals surface area contributed by atoms with Crippen LogP contribution in [0.5, 0.6) is 17.2 Å². The van der Waals surface area contributed by atoms with Crippen molar-refractivity contribution in [3.63, 3.8) is 0 Å². The first-order chi connectivity index (χ1) is 9.29. The molecule has 3 nitrogen and oxygen atoms in total. The molecule has 3 heteroatoms. The largest absolute Gasteiger partial charge is 0.502 e. The van der Waals surface area contributed by atoms with Crippen LogP contribution in [0.3, 0.4) is 0 Å². The number of phenols is 1. The number of hydrogen-bond donors (Lipinski definition) is 1. The Bertz CT molecular complexity index is 320. The number of rotatable bonds is 10. The molecule has 108 valence electrons. The fourth-order valence-electron chi connectivity index (χ4n) is 1.80. The van der Waals surface area contributed by atoms with Crippen LogP contribution in [0.15, 0.2) is 18.2 Å². The summed E-state index contributed by atoms with van der Waals surface area (Å²) in [7, 11) is 0. The molecule has 0 aromatic heterocycles. The Labute approximate surface area is 116 Å². The maximum Gasteiger partial charge on any atom is 0.200 e. The predicted octanol–water partition coefficient (Wildman–Crippen LogP) is 4.53. The third kappa shape index (κ3) is 5.86. The molecule has 0 unspecified atom stereocenters. The molecule has 1 rings (SSSR count). The lowest BCUT2D eigenvalue weighted by Crippen LogP contribution is -2.00. The highest BCUT2D eigenvalue weighted by molar-refractivity contribution is 5.49. The quantitative estimate of drug-likeness (QED) is 0.632. The van der Waals surface area contributed by atoms with Gasteiger partial charge in [-0.25, -0.2) is 0 Å². The van der Waals surface area contributed by atoms with Crippen LogP contribution in [0.2, 0.25) is 0 Å². The van der Waals surface area contributed by atoms with Gasteiger partial charge in [-0.1, -0.05) is 45.6 Å². The lowest BCUT2D eigenvalue weighted by Gasteiger charge is -2.12. The van der Waals surface area contributed by atoms with Gasteiger partial charge >= 0.3 is 0 Å². The first kappa shape index (κ1) is 15.7. The molecule has 1 aromatic rings. The van der Waals surface area contributed by atoms with E-state index in [1.165, 1.54) is 0 Å². The van der Waals surface area contributed by atoms with Gasteiger partial charge in [-0.3, -0.25) is 0 Å². The topological polar surface area (TPSA) is 38.7 Å². The fourth-order valence-corrected chi connectivity index (χ4v) is 1.80. The second-order valence-corrected chi connectivity index (χ2v) is 4.71. The summed E-state index contributed by atoms with van der Waals surface area (Å²) < 4.78 is 11.2. The second kappa shape index (κ2) is 9.54. The average Bonchev–Trinajstić information content (AvgIpc) is 2.43. The number of unbranched alkanes of at least 4 members (excludes halogenated alkanes) is 4. The van der Waals surface area contributed by atoms with Crippen LogP contribution < -0.4 is 9.47 Å². The molecule has 0 saturated carbocycles. The van der Waals surface area contributed by atoms with E-state index >= 15 is 0 Å². The van der Waals surface area contributed by atoms with Gasteiger partial charge in [-0.2, -0.15) is 0 Å². The first-order valence-corrected chi connectivity index (χ1v) is 7.37. The van der Waals surface area contributed by atoms with E-state index in [0.717, 1.165) is 38.5 Å². The Balaban J connectivity index is 2.44. The van der Waals surface area contributed by atoms with Crippen molar-refractivity contribution in [2.45, 2.75) is 52.4 Å². The summed E-state index contributed by atoms with van der Waals surface area (Å²) in [5, 5.41) is 10.1. The van der Waals surface area contributed by atoms with Crippen molar-refractivity contribution in [1.82, 2.24) is 0 Å². The van der Waals surface area contributed by atoms with Crippen LogP contribution in [0, 0.1) is 0 Å². The number of phenolic OH excluding ortho intramolecular Hbond substituents is 1. The molecule has 0 amide bonds. The third-order valence-electron chi connectivity index (χ3n) is 2.97. The minimum absolute atomic E-state index is 0.121. The molecule has 1 N–H and O–H groups in total. The van der Waals surface area contributed by atoms with Crippen molar-refractivity contribution >= 4 is 0 Å². The number of aromatic hydroxyl groups is 1. The van der Waals surface area contributed by atoms with Crippen LogP contribution in [0.25, 0.3) is 0 Å². The van der Waals surface area contributed by atoms with Gasteiger partial charge in [-0.15, -0.1) is 0 Å². The van der Waals surface area contributed by atoms with Gasteiger partial charge in [0, 0.05) is 0 Å². The van der Waals surface area contributed by atoms with Crippen molar-refractivity contribution in [2.24, 2.45) is 0 Å². The summed E-state index contributed by atoms with van der Waals surface area (Å²) in [6.45, 7) is 5.59. The zero-order chi connectivity index (χ0) is 13.9. The molecule has 19 heavy (non-hydrogen) atoms. The van der Waals surface area contributed by atoms with Gasteiger partial charge in [0.1, 0.15) is 0 Å². The highest BCUT2D eigenvalue weighted by atomic mass is 16.5. The Morgan fingerprint density at radius 3 is 1.74 bits per heavy atom. The van der Waals surface area contributed by atoms with Gasteiger partial charge in [0.2, 0.25) is 5.75 Å². The maximum absolute atomic E-state index is 10.1. The van der Waals surface area contributed by atoms with E-state index in [0.29, 0.717) is 24.7 Å². The third-order valence-corrected chi connectivity index (χ3v) is 2.97. The van der Waals surface area contributed by atoms with Crippen LogP contribution in [-0.2, 0) is 0 Å². The highest BCUT2D eigenvalue weighted by Crippen LogP contribution is 2.35. The molecule has 0 aliphatic rings. The van der Waals surface area contributed by atoms with Crippen LogP contribution in [0.4, 0.5) is 0 Å². The van der Waals surface area contributed by atoms with Crippen molar-refractivity contribution in [3.05, 3.63) is 18.2 Å². The molecule has 0 fully saturated rings. The fraction of sp³-hybridized carbons (Fsp3) is 0.625. The molecular formula is C16H26O3. The van der Waals surface area contributed by atoms with E-state index in [2.05, 4.69) is 13.8 Å². The smallest absolute Gasteiger partial charge is 0.200 e. The zero-order valence-electron chi connectivity index (χ0n) is 12.2. The first-order valence-electron chi connectivity index (χ1n) is 7.37. The van der Waals surface area contributed by atoms with Crippen LogP contribution in [0.1, 0.15) is 52.4 Å². The summed E-state index contributed by atoms with van der Waals surface area (Å²) in [5.74, 6) is 1.16. The van der Waals surface area contributed by atoms with E-state index in [1.54, 1.807) is 12.1 Å². The maximum atomic E-state index is 10.1. The monoisotopic (exact) mass is 266 g/mol. The minimum Gasteiger partial charge on any atom is -0.502 e. The van der Waals surface area contributed by atoms with E-state index in [9.17, 15) is 5.11 Å². The molecule has 0 saturated heterocycles. The van der Waals surface area contributed by atoms with Gasteiger partial charge in [0.25, 0.3) is 0 Å². The molecule has 1 aromatic carbocycles. The molecule has 0 atom stereocenters. The summed E-state index contributed by atoms with van der Waals surface area (Å²) in [5.41, 5.74) is 0. The second-order valence-electron chi connectivity index (χ2n) is 4.71. The van der Waals surface area contributed by atoms with E-state index < -0.39 is 0 Å². The summed E-state index contributed by atoms with van der Waals surface area (Å²) in [6.07, 6.45) is 6.64. The van der Waals surface area contributed by atoms with Gasteiger partial charge in [-0.05, 0) is 25.0 Å². The Morgan fingerprint density at radius 1 is 0.842 bits per heavy atom. The molecule has 0 radical (unpaired) electrons. The van der Waals surface area contributed by atoms with Crippen LogP contribution >= 0.6 is 0 Å². The van der Waals surface area contributed by atoms with Crippen molar-refractivity contribution in [3.8, 4) is 17.2 Å². The molecular weight excluding hydrogens is 240 g/mol. The van der Waals surface area contributed by atoms with Crippen molar-refractivity contribution < 1.29 is 14.6 Å². The van der Waals surface area contributed by atoms with Crippen LogP contribution in [-0.4, -0.2) is 18.3 Å². The number of para-hydroxylation sites is 1. The average molecular weight is 266 g/mol. The SMILES string of the molecule is CCCCCOc1cccc(OCCCCC)c1O. The zero-order valence-corrected chi connectivity index (χ0v) is 12.2. The van der Waals surface area contributed by atoms with Crippen molar-refractivity contribution in [1.29, 1.82) is 0 Å². The van der Waals surface area contributed by atoms with Crippen molar-refractivity contribution in [2.75, 3.05) is 13.2 Å². The van der Waals surface area contributed by atoms with E-state index in [1.807, 2.05) is 6.07 Å². The summed E-state index contributed by atoms with van der Waals surface area (Å²) >= 11 is 0. The van der Waals surface area contributed by atoms with E-state index in [-0.39, 0.29) is 5.75 Å². The lowest BCUT2D eigenvalue weighted by molar-refractivity contribution is 0.265. The molecule has 0 spiro atoms. The predicted molar refractivity (Wildman–Crippen MR) is 78.1 cm³/mol. The van der Waals surface area contributed by atoms with Gasteiger partial charge in [0.05, 0.1) is 13.2 Å². The Hall–Kier alpha value is -1.38. The number of benzene rings is 1. The van der Waals surface area contributed by atoms with Gasteiger partial charge in [0.15, 0.2) is 11.5 Å². The Morgan fingerprint density at radius 2 is 1.32 bits per heavy atom. The molecule has 0 heterocycles. The molecule has 0 aliphatic carbocycles. The highest BCUT2D eigenvalue weighted by Gasteiger charge is 2.08. The normalized spacial score (nSPS) is 10.4. The Kier molecular flexibility index (Phi) is 7.87. The van der Waals surface area contributed by atoms with Gasteiger partial charge < -0.3 is 14.6 Å². The van der Waals surface area contributed by atoms with E-state index in [4.69, 9.17) is 9.47 Å². The molecule has 0 bridgehead atoms. The summed E-state index contributed by atoms with van der Waals surface area (Å²) in [6, 6.07) is 5.41. The molecule has 0 aliphatic heterocycles.